The molecular weight excluding hydrogens is 368 g/mol. The van der Waals surface area contributed by atoms with E-state index in [-0.39, 0.29) is 5.91 Å². The first-order valence-electron chi connectivity index (χ1n) is 9.34. The number of rotatable bonds is 6. The maximum atomic E-state index is 12.0. The van der Waals surface area contributed by atoms with E-state index in [1.54, 1.807) is 6.20 Å². The Morgan fingerprint density at radius 2 is 1.93 bits per heavy atom. The Kier molecular flexibility index (Phi) is 5.21. The highest BCUT2D eigenvalue weighted by Crippen LogP contribution is 2.26. The Bertz CT molecular complexity index is 1110. The van der Waals surface area contributed by atoms with Gasteiger partial charge in [-0.05, 0) is 61.1 Å². The second-order valence-corrected chi connectivity index (χ2v) is 8.16. The molecule has 5 nitrogen and oxygen atoms in total. The fourth-order valence-electron chi connectivity index (χ4n) is 3.31. The predicted octanol–water partition coefficient (Wildman–Crippen LogP) is 4.67. The smallest absolute Gasteiger partial charge is 0.263 e. The van der Waals surface area contributed by atoms with Crippen molar-refractivity contribution in [3.63, 3.8) is 0 Å². The monoisotopic (exact) mass is 390 g/mol. The Morgan fingerprint density at radius 3 is 2.68 bits per heavy atom. The summed E-state index contributed by atoms with van der Waals surface area (Å²) < 4.78 is 0. The number of hydrogen-bond donors (Lipinski definition) is 2. The highest BCUT2D eigenvalue weighted by molar-refractivity contribution is 7.13. The molecule has 0 fully saturated rings. The molecule has 4 aromatic rings. The predicted molar refractivity (Wildman–Crippen MR) is 114 cm³/mol. The molecule has 28 heavy (non-hydrogen) atoms. The summed E-state index contributed by atoms with van der Waals surface area (Å²) in [7, 11) is 0. The SMILES string of the molecule is Cc1ncc(C(=O)NCCCc2ccc(-c3cc(C)c4[nH]ncc4c3)cc2)s1. The third kappa shape index (κ3) is 3.97. The Balaban J connectivity index is 1.33. The quantitative estimate of drug-likeness (QED) is 0.470. The summed E-state index contributed by atoms with van der Waals surface area (Å²) in [6, 6.07) is 13.0. The maximum absolute atomic E-state index is 12.0. The highest BCUT2D eigenvalue weighted by atomic mass is 32.1. The number of nitrogens with zero attached hydrogens (tertiary/aromatic N) is 2. The number of carbonyl (C=O) groups is 1. The molecule has 4 rings (SSSR count). The number of benzene rings is 2. The van der Waals surface area contributed by atoms with E-state index in [0.717, 1.165) is 28.8 Å². The molecule has 0 aliphatic heterocycles. The van der Waals surface area contributed by atoms with Crippen molar-refractivity contribution in [1.29, 1.82) is 0 Å². The zero-order valence-electron chi connectivity index (χ0n) is 16.0. The van der Waals surface area contributed by atoms with Crippen LogP contribution in [0.3, 0.4) is 0 Å². The lowest BCUT2D eigenvalue weighted by Gasteiger charge is -2.07. The summed E-state index contributed by atoms with van der Waals surface area (Å²) >= 11 is 1.42. The van der Waals surface area contributed by atoms with Gasteiger partial charge in [-0.25, -0.2) is 4.98 Å². The maximum Gasteiger partial charge on any atom is 0.263 e. The number of carbonyl (C=O) groups excluding carboxylic acids is 1. The van der Waals surface area contributed by atoms with Gasteiger partial charge >= 0.3 is 0 Å². The van der Waals surface area contributed by atoms with Gasteiger partial charge in [-0.3, -0.25) is 9.89 Å². The van der Waals surface area contributed by atoms with E-state index in [2.05, 4.69) is 63.8 Å². The number of aryl methyl sites for hydroxylation is 3. The molecule has 0 bridgehead atoms. The third-order valence-electron chi connectivity index (χ3n) is 4.81. The number of amides is 1. The van der Waals surface area contributed by atoms with Crippen molar-refractivity contribution < 1.29 is 4.79 Å². The van der Waals surface area contributed by atoms with E-state index in [1.807, 2.05) is 13.1 Å². The molecule has 2 aromatic carbocycles. The molecule has 2 aromatic heterocycles. The van der Waals surface area contributed by atoms with E-state index in [0.29, 0.717) is 11.4 Å². The standard InChI is InChI=1S/C22H22N4OS/c1-14-10-18(11-19-12-25-26-21(14)19)17-7-5-16(6-8-17)4-3-9-23-22(27)20-13-24-15(2)28-20/h5-8,10-13H,3-4,9H2,1-2H3,(H,23,27)(H,25,26). The van der Waals surface area contributed by atoms with E-state index in [4.69, 9.17) is 0 Å². The van der Waals surface area contributed by atoms with Crippen LogP contribution in [-0.4, -0.2) is 27.6 Å². The van der Waals surface area contributed by atoms with Gasteiger partial charge in [0.2, 0.25) is 0 Å². The molecule has 0 aliphatic rings. The van der Waals surface area contributed by atoms with Gasteiger partial charge in [0.25, 0.3) is 5.91 Å². The Labute approximate surface area is 167 Å². The summed E-state index contributed by atoms with van der Waals surface area (Å²) in [4.78, 5) is 16.8. The summed E-state index contributed by atoms with van der Waals surface area (Å²) in [5.74, 6) is -0.0362. The minimum atomic E-state index is -0.0362. The number of thiazole rings is 1. The van der Waals surface area contributed by atoms with E-state index >= 15 is 0 Å². The fourth-order valence-corrected chi connectivity index (χ4v) is 4.01. The van der Waals surface area contributed by atoms with Crippen LogP contribution in [0, 0.1) is 13.8 Å². The fraction of sp³-hybridized carbons (Fsp3) is 0.227. The van der Waals surface area contributed by atoms with E-state index in [1.165, 1.54) is 33.6 Å². The molecule has 0 saturated heterocycles. The minimum absolute atomic E-state index is 0.0362. The summed E-state index contributed by atoms with van der Waals surface area (Å²) in [6.45, 7) is 4.66. The topological polar surface area (TPSA) is 70.7 Å². The molecule has 6 heteroatoms. The highest BCUT2D eigenvalue weighted by Gasteiger charge is 2.08. The third-order valence-corrected chi connectivity index (χ3v) is 5.72. The Hall–Kier alpha value is -2.99. The molecule has 0 radical (unpaired) electrons. The van der Waals surface area contributed by atoms with Crippen LogP contribution in [0.25, 0.3) is 22.0 Å². The van der Waals surface area contributed by atoms with Gasteiger partial charge < -0.3 is 5.32 Å². The zero-order chi connectivity index (χ0) is 19.5. The first kappa shape index (κ1) is 18.4. The average molecular weight is 391 g/mol. The van der Waals surface area contributed by atoms with Crippen LogP contribution < -0.4 is 5.32 Å². The lowest BCUT2D eigenvalue weighted by molar-refractivity contribution is 0.0957. The molecular formula is C22H22N4OS. The molecule has 0 aliphatic carbocycles. The van der Waals surface area contributed by atoms with Crippen LogP contribution in [0.2, 0.25) is 0 Å². The largest absolute Gasteiger partial charge is 0.351 e. The Morgan fingerprint density at radius 1 is 1.11 bits per heavy atom. The van der Waals surface area contributed by atoms with Crippen LogP contribution in [0.1, 0.15) is 32.2 Å². The van der Waals surface area contributed by atoms with Crippen molar-refractivity contribution in [3.05, 3.63) is 69.8 Å². The van der Waals surface area contributed by atoms with Crippen LogP contribution in [-0.2, 0) is 6.42 Å². The zero-order valence-corrected chi connectivity index (χ0v) is 16.8. The number of hydrogen-bond acceptors (Lipinski definition) is 4. The average Bonchev–Trinajstić information content (AvgIpc) is 3.35. The summed E-state index contributed by atoms with van der Waals surface area (Å²) in [5, 5.41) is 12.2. The number of aromatic amines is 1. The number of H-pyrrole nitrogens is 1. The molecule has 142 valence electrons. The number of aromatic nitrogens is 3. The van der Waals surface area contributed by atoms with E-state index < -0.39 is 0 Å². The van der Waals surface area contributed by atoms with Gasteiger partial charge in [0.05, 0.1) is 22.9 Å². The van der Waals surface area contributed by atoms with Gasteiger partial charge in [-0.1, -0.05) is 24.3 Å². The van der Waals surface area contributed by atoms with Crippen LogP contribution in [0.4, 0.5) is 0 Å². The van der Waals surface area contributed by atoms with Crippen molar-refractivity contribution in [1.82, 2.24) is 20.5 Å². The van der Waals surface area contributed by atoms with Gasteiger partial charge in [-0.2, -0.15) is 5.10 Å². The van der Waals surface area contributed by atoms with Crippen LogP contribution in [0.5, 0.6) is 0 Å². The van der Waals surface area contributed by atoms with Crippen molar-refractivity contribution in [2.24, 2.45) is 0 Å². The number of nitrogens with one attached hydrogen (secondary N) is 2. The molecule has 1 amide bonds. The molecule has 0 unspecified atom stereocenters. The first-order chi connectivity index (χ1) is 13.6. The van der Waals surface area contributed by atoms with Gasteiger partial charge in [-0.15, -0.1) is 11.3 Å². The summed E-state index contributed by atoms with van der Waals surface area (Å²) in [6.07, 6.45) is 5.34. The van der Waals surface area contributed by atoms with Crippen LogP contribution >= 0.6 is 11.3 Å². The second kappa shape index (κ2) is 7.94. The minimum Gasteiger partial charge on any atom is -0.351 e. The van der Waals surface area contributed by atoms with Crippen molar-refractivity contribution >= 4 is 28.1 Å². The second-order valence-electron chi connectivity index (χ2n) is 6.93. The lowest BCUT2D eigenvalue weighted by Crippen LogP contribution is -2.23. The van der Waals surface area contributed by atoms with Crippen molar-refractivity contribution in [2.45, 2.75) is 26.7 Å². The molecule has 2 heterocycles. The van der Waals surface area contributed by atoms with Crippen molar-refractivity contribution in [2.75, 3.05) is 6.54 Å². The number of fused-ring (bicyclic) bond motifs is 1. The van der Waals surface area contributed by atoms with Gasteiger partial charge in [0.1, 0.15) is 4.88 Å². The van der Waals surface area contributed by atoms with Gasteiger partial charge in [0, 0.05) is 11.9 Å². The van der Waals surface area contributed by atoms with Crippen molar-refractivity contribution in [3.8, 4) is 11.1 Å². The molecule has 0 spiro atoms. The molecule has 2 N–H and O–H groups in total. The summed E-state index contributed by atoms with van der Waals surface area (Å²) in [5.41, 5.74) is 5.96. The van der Waals surface area contributed by atoms with E-state index in [9.17, 15) is 4.79 Å². The molecule has 0 atom stereocenters. The molecule has 0 saturated carbocycles. The van der Waals surface area contributed by atoms with Crippen LogP contribution in [0.15, 0.2) is 48.8 Å². The van der Waals surface area contributed by atoms with Gasteiger partial charge in [0.15, 0.2) is 0 Å². The first-order valence-corrected chi connectivity index (χ1v) is 10.2. The lowest BCUT2D eigenvalue weighted by atomic mass is 9.99. The normalized spacial score (nSPS) is 11.1.